The van der Waals surface area contributed by atoms with Crippen LogP contribution in [0.3, 0.4) is 0 Å². The minimum Gasteiger partial charge on any atom is -0.300 e. The lowest BCUT2D eigenvalue weighted by Gasteiger charge is -2.16. The van der Waals surface area contributed by atoms with Crippen LogP contribution >= 0.6 is 0 Å². The van der Waals surface area contributed by atoms with Crippen LogP contribution in [0.15, 0.2) is 82.0 Å². The molecule has 0 N–H and O–H groups in total. The van der Waals surface area contributed by atoms with Crippen molar-refractivity contribution in [2.24, 2.45) is 59.2 Å². The van der Waals surface area contributed by atoms with Gasteiger partial charge in [0, 0.05) is 12.8 Å². The van der Waals surface area contributed by atoms with E-state index in [1.54, 1.807) is 39.8 Å². The predicted molar refractivity (Wildman–Crippen MR) is 415 cm³/mol. The Labute approximate surface area is 577 Å². The van der Waals surface area contributed by atoms with Gasteiger partial charge in [0.15, 0.2) is 11.6 Å². The van der Waals surface area contributed by atoms with Gasteiger partial charge in [-0.15, -0.1) is 0 Å². The van der Waals surface area contributed by atoms with E-state index in [-0.39, 0.29) is 11.6 Å². The van der Waals surface area contributed by atoms with Crippen molar-refractivity contribution in [3.05, 3.63) is 82.0 Å². The minimum atomic E-state index is 0.102. The molecule has 538 valence electrons. The van der Waals surface area contributed by atoms with Gasteiger partial charge in [-0.2, -0.15) is 0 Å². The fraction of sp³-hybridized carbons (Fsp3) is 0.795. The maximum absolute atomic E-state index is 11.1. The molecule has 0 saturated heterocycles. The average molecular weight is 1280 g/mol. The highest BCUT2D eigenvalue weighted by Gasteiger charge is 2.12. The molecule has 0 aromatic heterocycles. The second-order valence-electron chi connectivity index (χ2n) is 32.0. The third kappa shape index (κ3) is 81.1. The normalized spacial score (nSPS) is 14.8. The summed E-state index contributed by atoms with van der Waals surface area (Å²) in [6, 6.07) is 0. The van der Waals surface area contributed by atoms with E-state index in [2.05, 4.69) is 156 Å². The van der Waals surface area contributed by atoms with Crippen LogP contribution in [0.5, 0.6) is 0 Å². The van der Waals surface area contributed by atoms with Crippen molar-refractivity contribution in [2.45, 2.75) is 397 Å². The highest BCUT2D eigenvalue weighted by Crippen LogP contribution is 2.26. The number of carbonyl (C=O) groups excluding carboxylic acids is 4. The third-order valence-corrected chi connectivity index (χ3v) is 18.6. The van der Waals surface area contributed by atoms with Gasteiger partial charge in [0.2, 0.25) is 0 Å². The van der Waals surface area contributed by atoms with Gasteiger partial charge in [0.05, 0.1) is 0 Å². The first-order valence-electron chi connectivity index (χ1n) is 38.8. The van der Waals surface area contributed by atoms with E-state index in [9.17, 15) is 19.2 Å². The first-order chi connectivity index (χ1) is 43.2. The molecule has 8 atom stereocenters. The van der Waals surface area contributed by atoms with Crippen molar-refractivity contribution in [3.63, 3.8) is 0 Å². The molecule has 4 heteroatoms. The molecular formula is C88H162O4. The van der Waals surface area contributed by atoms with Gasteiger partial charge in [0.25, 0.3) is 0 Å². The summed E-state index contributed by atoms with van der Waals surface area (Å²) in [6.45, 7) is 52.3. The predicted octanol–water partition coefficient (Wildman–Crippen LogP) is 29.0. The topological polar surface area (TPSA) is 68.3 Å². The van der Waals surface area contributed by atoms with Crippen molar-refractivity contribution < 1.29 is 19.2 Å². The number of allylic oxidation sites excluding steroid dienone is 14. The van der Waals surface area contributed by atoms with Gasteiger partial charge in [-0.3, -0.25) is 9.59 Å². The molecule has 0 radical (unpaired) electrons. The molecule has 0 bridgehead atoms. The summed E-state index contributed by atoms with van der Waals surface area (Å²) in [5, 5.41) is 0. The molecule has 0 unspecified atom stereocenters. The zero-order chi connectivity index (χ0) is 70.7. The standard InChI is InChI=1S/C23H46O.C23H38O.C21H42O.C21H36O/c2*1-19(2)11-7-12-20(3)13-8-14-21(4)15-9-16-22(5)17-10-18-23(6)24;2*1-17(2)10-7-11-18(3)12-8-13-19(4)14-9-15-20(5)16-21(6)22/h19-22H,7-18H2,1-6H3;10-11,15,17-18,20H,7-9,12-14,16H2,1-6H3;17-20H,7-16H2,1-6H3;10,14,16,18H,7-9,11-13,15H2,1-6H3/t20-,21-,22-;20-;18-,19-,20-;18-/m1111/s1. The van der Waals surface area contributed by atoms with E-state index >= 15 is 0 Å². The summed E-state index contributed by atoms with van der Waals surface area (Å²) in [5.41, 5.74) is 8.38. The molecule has 0 heterocycles. The summed E-state index contributed by atoms with van der Waals surface area (Å²) >= 11 is 0. The number of Topliss-reactive ketones (excluding diaryl/α,β-unsaturated/α-hetero) is 2. The van der Waals surface area contributed by atoms with Gasteiger partial charge in [0.1, 0.15) is 11.6 Å². The molecule has 0 amide bonds. The van der Waals surface area contributed by atoms with E-state index in [0.717, 1.165) is 98.2 Å². The molecule has 4 nitrogen and oxygen atoms in total. The molecule has 0 rings (SSSR count). The number of ketones is 4. The first-order valence-corrected chi connectivity index (χ1v) is 38.8. The summed E-state index contributed by atoms with van der Waals surface area (Å²) in [7, 11) is 0. The van der Waals surface area contributed by atoms with Crippen LogP contribution in [0.4, 0.5) is 0 Å². The Morgan fingerprint density at radius 2 is 0.576 bits per heavy atom. The zero-order valence-corrected chi connectivity index (χ0v) is 66.5. The highest BCUT2D eigenvalue weighted by molar-refractivity contribution is 5.88. The Bertz CT molecular complexity index is 2000. The maximum Gasteiger partial charge on any atom is 0.152 e. The Morgan fingerprint density at radius 3 is 0.880 bits per heavy atom. The summed E-state index contributed by atoms with van der Waals surface area (Å²) < 4.78 is 0. The van der Waals surface area contributed by atoms with Crippen LogP contribution < -0.4 is 0 Å². The van der Waals surface area contributed by atoms with Gasteiger partial charge in [-0.25, -0.2) is 0 Å². The quantitative estimate of drug-likeness (QED) is 0.0346. The van der Waals surface area contributed by atoms with Crippen molar-refractivity contribution in [1.82, 2.24) is 0 Å². The molecule has 92 heavy (non-hydrogen) atoms. The summed E-state index contributed by atoms with van der Waals surface area (Å²) in [6.07, 6.45) is 62.3. The lowest BCUT2D eigenvalue weighted by atomic mass is 9.90. The van der Waals surface area contributed by atoms with Crippen LogP contribution in [0, 0.1) is 59.2 Å². The minimum absolute atomic E-state index is 0.102. The molecule has 0 spiro atoms. The highest BCUT2D eigenvalue weighted by atomic mass is 16.1. The van der Waals surface area contributed by atoms with Gasteiger partial charge in [-0.1, -0.05) is 288 Å². The SMILES string of the molecule is CC(=O)C=C(C)CCC=C(C)CCC[C@H](C)CCC=C(C)C.CC(=O)C=CC=C(C)CCC=C(C)CCC[C@H](C)CCC=C(C)C.CC(=O)CCC[C@H](C)CCC[C@H](C)CCC[C@H](C)CCCC(C)C.CC(=O)C[C@H](C)CCC[C@H](C)CCC[C@H](C)CCCC(C)C. The Balaban J connectivity index is -0.000000562. The lowest BCUT2D eigenvalue weighted by Crippen LogP contribution is -2.03. The molecule has 0 aliphatic rings. The fourth-order valence-electron chi connectivity index (χ4n) is 12.2. The second-order valence-corrected chi connectivity index (χ2v) is 32.0. The van der Waals surface area contributed by atoms with E-state index < -0.39 is 0 Å². The zero-order valence-electron chi connectivity index (χ0n) is 66.5. The van der Waals surface area contributed by atoms with Crippen molar-refractivity contribution in [1.29, 1.82) is 0 Å². The lowest BCUT2D eigenvalue weighted by molar-refractivity contribution is -0.118. The van der Waals surface area contributed by atoms with Crippen LogP contribution in [-0.4, -0.2) is 23.1 Å². The van der Waals surface area contributed by atoms with Crippen molar-refractivity contribution >= 4 is 23.1 Å². The number of rotatable bonds is 53. The molecule has 0 aromatic rings. The van der Waals surface area contributed by atoms with Crippen LogP contribution in [0.25, 0.3) is 0 Å². The molecule has 0 aliphatic carbocycles. The van der Waals surface area contributed by atoms with Crippen LogP contribution in [-0.2, 0) is 19.2 Å². The van der Waals surface area contributed by atoms with E-state index in [1.165, 1.54) is 220 Å². The van der Waals surface area contributed by atoms with Gasteiger partial charge in [-0.05, 0) is 238 Å². The van der Waals surface area contributed by atoms with E-state index in [0.29, 0.717) is 17.5 Å². The fourth-order valence-corrected chi connectivity index (χ4v) is 12.2. The molecular weight excluding hydrogens is 1120 g/mol. The molecule has 0 fully saturated rings. The number of hydrogen-bond donors (Lipinski definition) is 0. The first kappa shape index (κ1) is 95.3. The Kier molecular flexibility index (Phi) is 67.5. The van der Waals surface area contributed by atoms with Crippen LogP contribution in [0.1, 0.15) is 397 Å². The largest absolute Gasteiger partial charge is 0.300 e. The summed E-state index contributed by atoms with van der Waals surface area (Å²) in [5.74, 6) is 9.23. The van der Waals surface area contributed by atoms with Crippen LogP contribution in [0.2, 0.25) is 0 Å². The monoisotopic (exact) mass is 1280 g/mol. The molecule has 0 saturated carbocycles. The maximum atomic E-state index is 11.1. The molecule has 0 aromatic carbocycles. The third-order valence-electron chi connectivity index (χ3n) is 18.6. The molecule has 0 aliphatic heterocycles. The smallest absolute Gasteiger partial charge is 0.152 e. The number of hydrogen-bond acceptors (Lipinski definition) is 4. The second kappa shape index (κ2) is 65.2. The average Bonchev–Trinajstić information content (AvgIpc) is 3.65. The Hall–Kier alpha value is -3.14. The van der Waals surface area contributed by atoms with Crippen molar-refractivity contribution in [3.8, 4) is 0 Å². The van der Waals surface area contributed by atoms with E-state index in [1.807, 2.05) is 19.1 Å². The summed E-state index contributed by atoms with van der Waals surface area (Å²) in [4.78, 5) is 43.8. The van der Waals surface area contributed by atoms with Crippen molar-refractivity contribution in [2.75, 3.05) is 0 Å². The van der Waals surface area contributed by atoms with E-state index in [4.69, 9.17) is 0 Å². The Morgan fingerprint density at radius 1 is 0.272 bits per heavy atom. The van der Waals surface area contributed by atoms with Gasteiger partial charge < -0.3 is 9.59 Å². The number of carbonyl (C=O) groups is 4. The van der Waals surface area contributed by atoms with Gasteiger partial charge >= 0.3 is 0 Å².